The minimum atomic E-state index is -0.700. The summed E-state index contributed by atoms with van der Waals surface area (Å²) in [4.78, 5) is 13.1. The second kappa shape index (κ2) is 7.52. The van der Waals surface area contributed by atoms with Gasteiger partial charge >= 0.3 is 0 Å². The highest BCUT2D eigenvalue weighted by atomic mass is 35.5. The highest BCUT2D eigenvalue weighted by molar-refractivity contribution is 6.33. The van der Waals surface area contributed by atoms with Crippen molar-refractivity contribution in [2.45, 2.75) is 64.1 Å². The average molecular weight is 523 g/mol. The third kappa shape index (κ3) is 3.30. The number of hydrogen-bond donors (Lipinski definition) is 2. The monoisotopic (exact) mass is 522 g/mol. The van der Waals surface area contributed by atoms with Crippen LogP contribution in [0.2, 0.25) is 5.02 Å². The molecule has 2 aliphatic carbocycles. The highest BCUT2D eigenvalue weighted by Crippen LogP contribution is 2.73. The van der Waals surface area contributed by atoms with Crippen molar-refractivity contribution >= 4 is 45.2 Å². The summed E-state index contributed by atoms with van der Waals surface area (Å²) in [6.45, 7) is 5.98. The summed E-state index contributed by atoms with van der Waals surface area (Å²) in [5.41, 5.74) is 15.1. The molecular formula is C27H28ClFN6O2. The molecule has 0 spiro atoms. The molecule has 4 aromatic rings. The highest BCUT2D eigenvalue weighted by Gasteiger charge is 2.75. The van der Waals surface area contributed by atoms with Crippen LogP contribution in [-0.2, 0) is 15.9 Å². The molecule has 4 N–H and O–H groups in total. The third-order valence-electron chi connectivity index (χ3n) is 8.60. The predicted octanol–water partition coefficient (Wildman–Crippen LogP) is 4.96. The van der Waals surface area contributed by atoms with Crippen LogP contribution >= 0.6 is 11.6 Å². The maximum atomic E-state index is 15.1. The van der Waals surface area contributed by atoms with E-state index < -0.39 is 5.79 Å². The Hall–Kier alpha value is -3.01. The van der Waals surface area contributed by atoms with E-state index in [0.29, 0.717) is 39.6 Å². The first-order valence-electron chi connectivity index (χ1n) is 12.6. The number of halogens is 2. The van der Waals surface area contributed by atoms with Gasteiger partial charge in [0.15, 0.2) is 5.79 Å². The van der Waals surface area contributed by atoms with Crippen LogP contribution in [0.15, 0.2) is 30.6 Å². The predicted molar refractivity (Wildman–Crippen MR) is 140 cm³/mol. The molecule has 5 atom stereocenters. The van der Waals surface area contributed by atoms with Crippen molar-refractivity contribution in [1.29, 1.82) is 0 Å². The molecule has 37 heavy (non-hydrogen) atoms. The Morgan fingerprint density at radius 3 is 2.76 bits per heavy atom. The first-order valence-corrected chi connectivity index (χ1v) is 12.9. The minimum absolute atomic E-state index is 0.0450. The topological polar surface area (TPSA) is 114 Å². The molecular weight excluding hydrogens is 495 g/mol. The summed E-state index contributed by atoms with van der Waals surface area (Å²) in [5.74, 6) is 0.0631. The minimum Gasteiger partial charge on any atom is -0.383 e. The number of aryl methyl sites for hydroxylation is 2. The van der Waals surface area contributed by atoms with E-state index >= 15 is 4.39 Å². The number of fused-ring (bicyclic) bond motifs is 5. The number of anilines is 2. The number of nitrogens with zero attached hydrogens (tertiary/aromatic N) is 4. The summed E-state index contributed by atoms with van der Waals surface area (Å²) in [6.07, 6.45) is 3.59. The molecule has 0 amide bonds. The van der Waals surface area contributed by atoms with Crippen molar-refractivity contribution < 1.29 is 13.9 Å². The summed E-state index contributed by atoms with van der Waals surface area (Å²) in [7, 11) is 0. The van der Waals surface area contributed by atoms with Gasteiger partial charge in [-0.15, -0.1) is 0 Å². The van der Waals surface area contributed by atoms with E-state index in [1.165, 1.54) is 12.4 Å². The Morgan fingerprint density at radius 1 is 1.14 bits per heavy atom. The van der Waals surface area contributed by atoms with Crippen molar-refractivity contribution in [2.24, 2.45) is 11.3 Å². The molecule has 192 valence electrons. The lowest BCUT2D eigenvalue weighted by atomic mass is 9.91. The van der Waals surface area contributed by atoms with Crippen LogP contribution in [0.3, 0.4) is 0 Å². The van der Waals surface area contributed by atoms with E-state index in [4.69, 9.17) is 32.5 Å². The quantitative estimate of drug-likeness (QED) is 0.389. The third-order valence-corrected chi connectivity index (χ3v) is 8.90. The molecule has 3 aromatic heterocycles. The molecule has 1 aromatic carbocycles. The van der Waals surface area contributed by atoms with Gasteiger partial charge in [-0.25, -0.2) is 19.3 Å². The van der Waals surface area contributed by atoms with Crippen molar-refractivity contribution in [3.8, 4) is 0 Å². The van der Waals surface area contributed by atoms with Gasteiger partial charge in [0.1, 0.15) is 35.5 Å². The van der Waals surface area contributed by atoms with Crippen molar-refractivity contribution in [2.75, 3.05) is 11.5 Å². The van der Waals surface area contributed by atoms with Crippen molar-refractivity contribution in [1.82, 2.24) is 19.5 Å². The summed E-state index contributed by atoms with van der Waals surface area (Å²) in [5, 5.41) is 1.80. The van der Waals surface area contributed by atoms with Crippen LogP contribution in [0.5, 0.6) is 0 Å². The number of nitrogen functional groups attached to an aromatic ring is 2. The zero-order chi connectivity index (χ0) is 25.9. The number of rotatable bonds is 4. The molecule has 3 fully saturated rings. The Morgan fingerprint density at radius 2 is 1.95 bits per heavy atom. The van der Waals surface area contributed by atoms with Crippen LogP contribution in [-0.4, -0.2) is 37.5 Å². The molecule has 2 saturated carbocycles. The number of aromatic nitrogens is 4. The molecule has 1 saturated heterocycles. The lowest BCUT2D eigenvalue weighted by Gasteiger charge is -2.26. The van der Waals surface area contributed by atoms with E-state index in [1.54, 1.807) is 12.1 Å². The maximum Gasteiger partial charge on any atom is 0.163 e. The zero-order valence-electron chi connectivity index (χ0n) is 20.8. The van der Waals surface area contributed by atoms with Gasteiger partial charge in [0.2, 0.25) is 0 Å². The molecule has 4 heterocycles. The van der Waals surface area contributed by atoms with Gasteiger partial charge in [-0.1, -0.05) is 11.6 Å². The van der Waals surface area contributed by atoms with Gasteiger partial charge in [-0.3, -0.25) is 0 Å². The summed E-state index contributed by atoms with van der Waals surface area (Å²) in [6, 6.07) is 7.01. The van der Waals surface area contributed by atoms with Crippen LogP contribution in [0.25, 0.3) is 21.9 Å². The molecule has 7 rings (SSSR count). The second-order valence-corrected chi connectivity index (χ2v) is 11.6. The van der Waals surface area contributed by atoms with E-state index in [-0.39, 0.29) is 35.3 Å². The summed E-state index contributed by atoms with van der Waals surface area (Å²) < 4.78 is 30.4. The molecule has 0 radical (unpaired) electrons. The largest absolute Gasteiger partial charge is 0.383 e. The van der Waals surface area contributed by atoms with Gasteiger partial charge in [0, 0.05) is 16.5 Å². The average Bonchev–Trinajstić information content (AvgIpc) is 3.20. The standard InChI is InChI=1S/C27H28ClFN6O2/c1-12-6-15-23(30)32-11-33-25(15)35(12)20-16-10-27(16,22-21(20)36-26(2,3)37-22)5-4-13-9-19-14(8-18(13)29)7-17(28)24(31)34-19/h6-9,11,16,20-22H,4-5,10H2,1-3H3,(H2,31,34)(H2,30,32,33)/t16-,20-,21+,22+,27-/m1/s1. The van der Waals surface area contributed by atoms with E-state index in [2.05, 4.69) is 26.4 Å². The molecule has 8 nitrogen and oxygen atoms in total. The Bertz CT molecular complexity index is 1610. The fraction of sp³-hybridized carbons (Fsp3) is 0.444. The van der Waals surface area contributed by atoms with Gasteiger partial charge in [0.05, 0.1) is 28.1 Å². The van der Waals surface area contributed by atoms with Crippen molar-refractivity contribution in [3.63, 3.8) is 0 Å². The first-order chi connectivity index (χ1) is 17.6. The zero-order valence-corrected chi connectivity index (χ0v) is 21.6. The van der Waals surface area contributed by atoms with Gasteiger partial charge in [0.25, 0.3) is 0 Å². The fourth-order valence-corrected chi connectivity index (χ4v) is 7.10. The first kappa shape index (κ1) is 23.1. The van der Waals surface area contributed by atoms with E-state index in [1.807, 2.05) is 19.9 Å². The Balaban J connectivity index is 1.25. The molecule has 0 unspecified atom stereocenters. The fourth-order valence-electron chi connectivity index (χ4n) is 6.94. The maximum absolute atomic E-state index is 15.1. The van der Waals surface area contributed by atoms with Crippen LogP contribution < -0.4 is 11.5 Å². The van der Waals surface area contributed by atoms with Gasteiger partial charge in [-0.2, -0.15) is 0 Å². The van der Waals surface area contributed by atoms with E-state index in [0.717, 1.165) is 29.6 Å². The molecule has 3 aliphatic rings. The van der Waals surface area contributed by atoms with Gasteiger partial charge < -0.3 is 25.5 Å². The van der Waals surface area contributed by atoms with Crippen LogP contribution in [0, 0.1) is 24.1 Å². The number of nitrogens with two attached hydrogens (primary N) is 2. The molecule has 10 heteroatoms. The lowest BCUT2D eigenvalue weighted by molar-refractivity contribution is -0.161. The Kier molecular flexibility index (Phi) is 4.70. The molecule has 1 aliphatic heterocycles. The summed E-state index contributed by atoms with van der Waals surface area (Å²) >= 11 is 6.08. The normalized spacial score (nSPS) is 29.6. The van der Waals surface area contributed by atoms with Crippen LogP contribution in [0.4, 0.5) is 16.0 Å². The SMILES string of the molecule is Cc1cc2c(N)ncnc2n1[C@H]1[C@@H]2OC(C)(C)O[C@@H]2[C@]2(CCc3cc4nc(N)c(Cl)cc4cc3F)C[C@H]12. The number of benzene rings is 1. The number of hydrogen-bond acceptors (Lipinski definition) is 7. The van der Waals surface area contributed by atoms with Crippen LogP contribution in [0.1, 0.15) is 44.0 Å². The number of pyridine rings is 1. The van der Waals surface area contributed by atoms with E-state index in [9.17, 15) is 0 Å². The lowest BCUT2D eigenvalue weighted by Crippen LogP contribution is -2.32. The van der Waals surface area contributed by atoms with Gasteiger partial charge in [-0.05, 0) is 75.8 Å². The smallest absolute Gasteiger partial charge is 0.163 e. The Labute approximate surface area is 218 Å². The second-order valence-electron chi connectivity index (χ2n) is 11.2. The number of ether oxygens (including phenoxy) is 2. The van der Waals surface area contributed by atoms with Crippen molar-refractivity contribution in [3.05, 3.63) is 52.7 Å². The molecule has 0 bridgehead atoms.